The first-order valence-corrected chi connectivity index (χ1v) is 11.1. The summed E-state index contributed by atoms with van der Waals surface area (Å²) in [5, 5.41) is 15.5. The lowest BCUT2D eigenvalue weighted by Gasteiger charge is -2.21. The number of hydrogen-bond acceptors (Lipinski definition) is 6. The molecule has 0 saturated heterocycles. The largest absolute Gasteiger partial charge is 0.480 e. The Morgan fingerprint density at radius 3 is 2.55 bits per heavy atom. The molecular weight excluding hydrogens is 412 g/mol. The number of thiol groups is 1. The van der Waals surface area contributed by atoms with Crippen LogP contribution in [0, 0.1) is 0 Å². The van der Waals surface area contributed by atoms with Gasteiger partial charge < -0.3 is 26.5 Å². The Bertz CT molecular complexity index is 858. The van der Waals surface area contributed by atoms with Crippen LogP contribution in [0.4, 0.5) is 0 Å². The summed E-state index contributed by atoms with van der Waals surface area (Å²) in [4.78, 5) is 39.5. The Balaban J connectivity index is 2.03. The number of amides is 2. The van der Waals surface area contributed by atoms with Gasteiger partial charge >= 0.3 is 5.97 Å². The van der Waals surface area contributed by atoms with Gasteiger partial charge in [0.15, 0.2) is 0 Å². The summed E-state index contributed by atoms with van der Waals surface area (Å²) in [6.45, 7) is 0. The van der Waals surface area contributed by atoms with E-state index in [-0.39, 0.29) is 12.2 Å². The zero-order valence-corrected chi connectivity index (χ0v) is 17.8. The van der Waals surface area contributed by atoms with Crippen LogP contribution in [-0.2, 0) is 20.8 Å². The highest BCUT2D eigenvalue weighted by Gasteiger charge is 2.27. The SMILES string of the molecule is CSCCC(N)C(=O)NC(CS)C(=O)NC(Cc1c[nH]c2ccccc12)C(=O)O. The van der Waals surface area contributed by atoms with Crippen molar-refractivity contribution in [2.24, 2.45) is 5.73 Å². The number of para-hydroxylation sites is 1. The van der Waals surface area contributed by atoms with Crippen molar-refractivity contribution < 1.29 is 19.5 Å². The maximum absolute atomic E-state index is 12.6. The molecule has 0 fully saturated rings. The molecule has 0 radical (unpaired) electrons. The summed E-state index contributed by atoms with van der Waals surface area (Å²) >= 11 is 5.68. The summed E-state index contributed by atoms with van der Waals surface area (Å²) in [5.41, 5.74) is 7.48. The summed E-state index contributed by atoms with van der Waals surface area (Å²) in [6.07, 6.45) is 4.22. The Hall–Kier alpha value is -2.17. The zero-order valence-electron chi connectivity index (χ0n) is 16.1. The molecule has 8 nitrogen and oxygen atoms in total. The highest BCUT2D eigenvalue weighted by molar-refractivity contribution is 7.98. The number of H-pyrrole nitrogens is 1. The normalized spacial score (nSPS) is 14.2. The fraction of sp³-hybridized carbons (Fsp3) is 0.421. The second-order valence-electron chi connectivity index (χ2n) is 6.59. The minimum absolute atomic E-state index is 0.0201. The van der Waals surface area contributed by atoms with Gasteiger partial charge in [-0.1, -0.05) is 18.2 Å². The topological polar surface area (TPSA) is 137 Å². The van der Waals surface area contributed by atoms with Crippen LogP contribution in [0.3, 0.4) is 0 Å². The van der Waals surface area contributed by atoms with Crippen LogP contribution in [-0.4, -0.2) is 63.8 Å². The summed E-state index contributed by atoms with van der Waals surface area (Å²) in [6, 6.07) is 4.65. The first-order valence-electron chi connectivity index (χ1n) is 9.11. The first kappa shape index (κ1) is 23.1. The lowest BCUT2D eigenvalue weighted by atomic mass is 10.0. The molecule has 1 aromatic heterocycles. The Morgan fingerprint density at radius 1 is 1.21 bits per heavy atom. The van der Waals surface area contributed by atoms with Crippen LogP contribution >= 0.6 is 24.4 Å². The minimum Gasteiger partial charge on any atom is -0.480 e. The van der Waals surface area contributed by atoms with Crippen molar-refractivity contribution in [2.75, 3.05) is 17.8 Å². The van der Waals surface area contributed by atoms with Gasteiger partial charge in [-0.15, -0.1) is 0 Å². The molecule has 3 atom stereocenters. The van der Waals surface area contributed by atoms with Crippen molar-refractivity contribution in [2.45, 2.75) is 31.0 Å². The molecule has 1 aromatic carbocycles. The van der Waals surface area contributed by atoms with Gasteiger partial charge in [0, 0.05) is 29.3 Å². The molecule has 2 amide bonds. The number of nitrogens with two attached hydrogens (primary N) is 1. The van der Waals surface area contributed by atoms with E-state index in [1.165, 1.54) is 0 Å². The Labute approximate surface area is 178 Å². The van der Waals surface area contributed by atoms with E-state index in [1.54, 1.807) is 18.0 Å². The highest BCUT2D eigenvalue weighted by Crippen LogP contribution is 2.19. The van der Waals surface area contributed by atoms with Gasteiger partial charge in [0.05, 0.1) is 6.04 Å². The van der Waals surface area contributed by atoms with Crippen molar-refractivity contribution in [3.8, 4) is 0 Å². The molecule has 0 saturated carbocycles. The van der Waals surface area contributed by atoms with Gasteiger partial charge in [0.25, 0.3) is 0 Å². The molecule has 0 aliphatic carbocycles. The number of carboxylic acids is 1. The van der Waals surface area contributed by atoms with Crippen LogP contribution in [0.15, 0.2) is 30.5 Å². The maximum atomic E-state index is 12.6. The molecule has 0 aliphatic rings. The number of carbonyl (C=O) groups excluding carboxylic acids is 2. The smallest absolute Gasteiger partial charge is 0.326 e. The number of nitrogens with one attached hydrogen (secondary N) is 3. The Morgan fingerprint density at radius 2 is 1.90 bits per heavy atom. The zero-order chi connectivity index (χ0) is 21.4. The van der Waals surface area contributed by atoms with Crippen LogP contribution in [0.5, 0.6) is 0 Å². The minimum atomic E-state index is -1.16. The van der Waals surface area contributed by atoms with Gasteiger partial charge in [-0.25, -0.2) is 4.79 Å². The van der Waals surface area contributed by atoms with E-state index < -0.39 is 35.9 Å². The molecule has 0 aliphatic heterocycles. The maximum Gasteiger partial charge on any atom is 0.326 e. The van der Waals surface area contributed by atoms with Gasteiger partial charge in [0.1, 0.15) is 12.1 Å². The van der Waals surface area contributed by atoms with Gasteiger partial charge in [-0.05, 0) is 30.1 Å². The summed E-state index contributed by atoms with van der Waals surface area (Å²) < 4.78 is 0. The molecule has 0 spiro atoms. The van der Waals surface area contributed by atoms with Crippen molar-refractivity contribution in [1.82, 2.24) is 15.6 Å². The van der Waals surface area contributed by atoms with E-state index in [2.05, 4.69) is 28.2 Å². The lowest BCUT2D eigenvalue weighted by molar-refractivity contribution is -0.142. The van der Waals surface area contributed by atoms with E-state index in [9.17, 15) is 19.5 Å². The molecule has 2 rings (SSSR count). The molecule has 29 heavy (non-hydrogen) atoms. The highest BCUT2D eigenvalue weighted by atomic mass is 32.2. The average Bonchev–Trinajstić information content (AvgIpc) is 3.12. The second-order valence-corrected chi connectivity index (χ2v) is 7.95. The third-order valence-corrected chi connectivity index (χ3v) is 5.51. The van der Waals surface area contributed by atoms with Crippen molar-refractivity contribution in [3.63, 3.8) is 0 Å². The van der Waals surface area contributed by atoms with E-state index in [0.29, 0.717) is 6.42 Å². The van der Waals surface area contributed by atoms with Crippen LogP contribution < -0.4 is 16.4 Å². The number of carboxylic acid groups (broad SMARTS) is 1. The molecule has 3 unspecified atom stereocenters. The van der Waals surface area contributed by atoms with Crippen LogP contribution in [0.2, 0.25) is 0 Å². The quantitative estimate of drug-likeness (QED) is 0.287. The number of fused-ring (bicyclic) bond motifs is 1. The van der Waals surface area contributed by atoms with Crippen molar-refractivity contribution in [1.29, 1.82) is 0 Å². The van der Waals surface area contributed by atoms with Gasteiger partial charge in [0.2, 0.25) is 11.8 Å². The average molecular weight is 439 g/mol. The van der Waals surface area contributed by atoms with E-state index >= 15 is 0 Å². The standard InChI is InChI=1S/C19H26N4O4S2/c1-29-7-6-13(20)17(24)23-16(10-28)18(25)22-15(19(26)27)8-11-9-21-14-5-3-2-4-12(11)14/h2-5,9,13,15-16,21,28H,6-8,10,20H2,1H3,(H,22,25)(H,23,24)(H,26,27). The van der Waals surface area contributed by atoms with E-state index in [0.717, 1.165) is 22.2 Å². The number of aromatic amines is 1. The molecule has 6 N–H and O–H groups in total. The predicted molar refractivity (Wildman–Crippen MR) is 118 cm³/mol. The fourth-order valence-electron chi connectivity index (χ4n) is 2.84. The number of benzene rings is 1. The number of hydrogen-bond donors (Lipinski definition) is 6. The molecule has 1 heterocycles. The van der Waals surface area contributed by atoms with Crippen molar-refractivity contribution >= 4 is 53.1 Å². The second kappa shape index (κ2) is 11.1. The Kier molecular flexibility index (Phi) is 8.87. The molecule has 158 valence electrons. The number of aliphatic carboxylic acids is 1. The number of aromatic nitrogens is 1. The molecule has 0 bridgehead atoms. The first-order chi connectivity index (χ1) is 13.9. The third kappa shape index (κ3) is 6.41. The number of carbonyl (C=O) groups is 3. The molecular formula is C19H26N4O4S2. The van der Waals surface area contributed by atoms with E-state index in [4.69, 9.17) is 5.73 Å². The number of thioether (sulfide) groups is 1. The fourth-order valence-corrected chi connectivity index (χ4v) is 3.59. The summed E-state index contributed by atoms with van der Waals surface area (Å²) in [5.74, 6) is -1.50. The third-order valence-electron chi connectivity index (χ3n) is 4.50. The number of rotatable bonds is 11. The monoisotopic (exact) mass is 438 g/mol. The lowest BCUT2D eigenvalue weighted by Crippen LogP contribution is -2.55. The predicted octanol–water partition coefficient (Wildman–Crippen LogP) is 0.775. The van der Waals surface area contributed by atoms with Crippen molar-refractivity contribution in [3.05, 3.63) is 36.0 Å². The molecule has 10 heteroatoms. The molecule has 2 aromatic rings. The van der Waals surface area contributed by atoms with Crippen LogP contribution in [0.25, 0.3) is 10.9 Å². The van der Waals surface area contributed by atoms with Crippen LogP contribution in [0.1, 0.15) is 12.0 Å². The summed E-state index contributed by atoms with van der Waals surface area (Å²) in [7, 11) is 0. The van der Waals surface area contributed by atoms with Gasteiger partial charge in [-0.3, -0.25) is 9.59 Å². The van der Waals surface area contributed by atoms with E-state index in [1.807, 2.05) is 30.5 Å². The van der Waals surface area contributed by atoms with Gasteiger partial charge in [-0.2, -0.15) is 24.4 Å².